The van der Waals surface area contributed by atoms with Gasteiger partial charge in [-0.15, -0.1) is 0 Å². The van der Waals surface area contributed by atoms with E-state index < -0.39 is 5.60 Å². The lowest BCUT2D eigenvalue weighted by Crippen LogP contribution is -2.56. The summed E-state index contributed by atoms with van der Waals surface area (Å²) < 4.78 is 11.3. The van der Waals surface area contributed by atoms with Gasteiger partial charge in [-0.05, 0) is 45.9 Å². The van der Waals surface area contributed by atoms with Crippen LogP contribution in [0.3, 0.4) is 0 Å². The second-order valence-electron chi connectivity index (χ2n) is 8.26. The Bertz CT molecular complexity index is 698. The number of carbonyl (C=O) groups is 2. The molecule has 2 atom stereocenters. The number of hydrogen-bond acceptors (Lipinski definition) is 6. The molecule has 3 heterocycles. The number of thioether (sulfide) groups is 1. The fraction of sp³-hybridized carbons (Fsp3) is 0.650. The van der Waals surface area contributed by atoms with Crippen LogP contribution in [0.4, 0.5) is 4.79 Å². The number of piperazine rings is 1. The highest BCUT2D eigenvalue weighted by atomic mass is 32.2. The predicted molar refractivity (Wildman–Crippen MR) is 109 cm³/mol. The molecule has 7 nitrogen and oxygen atoms in total. The van der Waals surface area contributed by atoms with E-state index in [-0.39, 0.29) is 24.1 Å². The molecule has 1 aromatic rings. The van der Waals surface area contributed by atoms with Crippen LogP contribution in [-0.4, -0.2) is 75.7 Å². The van der Waals surface area contributed by atoms with Gasteiger partial charge in [0, 0.05) is 43.7 Å². The summed E-state index contributed by atoms with van der Waals surface area (Å²) in [6.45, 7) is 8.86. The molecule has 154 valence electrons. The van der Waals surface area contributed by atoms with Crippen LogP contribution in [0.2, 0.25) is 0 Å². The van der Waals surface area contributed by atoms with Gasteiger partial charge in [-0.1, -0.05) is 0 Å². The molecule has 0 spiro atoms. The number of hydrogen-bond donors (Lipinski definition) is 0. The molecule has 0 bridgehead atoms. The average Bonchev–Trinajstić information content (AvgIpc) is 3.13. The van der Waals surface area contributed by atoms with Crippen LogP contribution in [0, 0.1) is 0 Å². The van der Waals surface area contributed by atoms with Gasteiger partial charge < -0.3 is 19.3 Å². The van der Waals surface area contributed by atoms with Crippen LogP contribution in [-0.2, 0) is 4.74 Å². The van der Waals surface area contributed by atoms with Gasteiger partial charge in [0.2, 0.25) is 5.88 Å². The predicted octanol–water partition coefficient (Wildman–Crippen LogP) is 3.05. The second kappa shape index (κ2) is 8.59. The fourth-order valence-electron chi connectivity index (χ4n) is 3.27. The highest BCUT2D eigenvalue weighted by molar-refractivity contribution is 7.99. The number of aromatic nitrogens is 1. The van der Waals surface area contributed by atoms with E-state index in [0.717, 1.165) is 17.9 Å². The van der Waals surface area contributed by atoms with Crippen molar-refractivity contribution in [2.45, 2.75) is 51.9 Å². The summed E-state index contributed by atoms with van der Waals surface area (Å²) in [5.74, 6) is 2.59. The van der Waals surface area contributed by atoms with Crippen molar-refractivity contribution < 1.29 is 19.1 Å². The van der Waals surface area contributed by atoms with E-state index in [1.165, 1.54) is 0 Å². The Hall–Kier alpha value is -1.96. The molecule has 2 unspecified atom stereocenters. The van der Waals surface area contributed by atoms with Gasteiger partial charge in [0.05, 0.1) is 5.56 Å². The maximum Gasteiger partial charge on any atom is 0.410 e. The SMILES string of the molecule is CC1CN(C(=O)OC(C)(C)C)CCN1C(=O)c1ccc(OC2CCSC2)nc1. The summed E-state index contributed by atoms with van der Waals surface area (Å²) in [5.41, 5.74) is 0.00524. The first-order valence-corrected chi connectivity index (χ1v) is 10.9. The van der Waals surface area contributed by atoms with E-state index in [1.54, 1.807) is 28.1 Å². The molecule has 0 radical (unpaired) electrons. The molecule has 28 heavy (non-hydrogen) atoms. The van der Waals surface area contributed by atoms with Gasteiger partial charge in [-0.3, -0.25) is 4.79 Å². The third-order valence-electron chi connectivity index (χ3n) is 4.70. The zero-order valence-corrected chi connectivity index (χ0v) is 17.8. The largest absolute Gasteiger partial charge is 0.473 e. The maximum absolute atomic E-state index is 12.9. The Labute approximate surface area is 170 Å². The van der Waals surface area contributed by atoms with Gasteiger partial charge in [-0.2, -0.15) is 11.8 Å². The molecule has 0 aliphatic carbocycles. The normalized spacial score (nSPS) is 22.9. The lowest BCUT2D eigenvalue weighted by atomic mass is 10.1. The summed E-state index contributed by atoms with van der Waals surface area (Å²) in [6, 6.07) is 3.43. The Balaban J connectivity index is 1.56. The van der Waals surface area contributed by atoms with E-state index in [4.69, 9.17) is 9.47 Å². The molecule has 2 fully saturated rings. The Morgan fingerprint density at radius 2 is 2.04 bits per heavy atom. The molecule has 0 aromatic carbocycles. The van der Waals surface area contributed by atoms with Crippen LogP contribution in [0.5, 0.6) is 5.88 Å². The van der Waals surface area contributed by atoms with Crippen molar-refractivity contribution in [3.8, 4) is 5.88 Å². The number of amides is 2. The maximum atomic E-state index is 12.9. The lowest BCUT2D eigenvalue weighted by molar-refractivity contribution is 0.00615. The van der Waals surface area contributed by atoms with E-state index in [0.29, 0.717) is 31.1 Å². The zero-order chi connectivity index (χ0) is 20.3. The minimum atomic E-state index is -0.528. The van der Waals surface area contributed by atoms with Crippen LogP contribution < -0.4 is 4.74 Å². The average molecular weight is 408 g/mol. The monoisotopic (exact) mass is 407 g/mol. The molecule has 8 heteroatoms. The fourth-order valence-corrected chi connectivity index (χ4v) is 4.36. The Morgan fingerprint density at radius 3 is 2.61 bits per heavy atom. The van der Waals surface area contributed by atoms with Crippen molar-refractivity contribution in [2.75, 3.05) is 31.1 Å². The molecular weight excluding hydrogens is 378 g/mol. The third-order valence-corrected chi connectivity index (χ3v) is 5.83. The molecular formula is C20H29N3O4S. The molecule has 2 saturated heterocycles. The summed E-state index contributed by atoms with van der Waals surface area (Å²) in [5, 5.41) is 0. The summed E-state index contributed by atoms with van der Waals surface area (Å²) in [6.07, 6.45) is 2.49. The van der Waals surface area contributed by atoms with Crippen molar-refractivity contribution in [1.82, 2.24) is 14.8 Å². The van der Waals surface area contributed by atoms with Crippen LogP contribution >= 0.6 is 11.8 Å². The highest BCUT2D eigenvalue weighted by Crippen LogP contribution is 2.22. The second-order valence-corrected chi connectivity index (χ2v) is 9.41. The number of rotatable bonds is 3. The van der Waals surface area contributed by atoms with Gasteiger partial charge >= 0.3 is 6.09 Å². The van der Waals surface area contributed by atoms with Gasteiger partial charge in [0.15, 0.2) is 0 Å². The zero-order valence-electron chi connectivity index (χ0n) is 17.0. The van der Waals surface area contributed by atoms with Crippen molar-refractivity contribution in [3.63, 3.8) is 0 Å². The van der Waals surface area contributed by atoms with E-state index >= 15 is 0 Å². The number of ether oxygens (including phenoxy) is 2. The van der Waals surface area contributed by atoms with Crippen LogP contribution in [0.25, 0.3) is 0 Å². The van der Waals surface area contributed by atoms with E-state index in [1.807, 2.05) is 39.5 Å². The van der Waals surface area contributed by atoms with Gasteiger partial charge in [0.25, 0.3) is 5.91 Å². The quantitative estimate of drug-likeness (QED) is 0.767. The molecule has 2 amide bonds. The van der Waals surface area contributed by atoms with E-state index in [9.17, 15) is 9.59 Å². The minimum Gasteiger partial charge on any atom is -0.473 e. The first-order chi connectivity index (χ1) is 13.2. The molecule has 2 aliphatic heterocycles. The number of carbonyl (C=O) groups excluding carboxylic acids is 2. The summed E-state index contributed by atoms with van der Waals surface area (Å²) in [4.78, 5) is 32.9. The van der Waals surface area contributed by atoms with Crippen molar-refractivity contribution in [1.29, 1.82) is 0 Å². The van der Waals surface area contributed by atoms with Gasteiger partial charge in [0.1, 0.15) is 11.7 Å². The number of nitrogens with zero attached hydrogens (tertiary/aromatic N) is 3. The summed E-state index contributed by atoms with van der Waals surface area (Å²) >= 11 is 1.88. The minimum absolute atomic E-state index is 0.0770. The standard InChI is InChI=1S/C20H29N3O4S/c1-14-12-22(19(25)27-20(2,3)4)8-9-23(14)18(24)15-5-6-17(21-11-15)26-16-7-10-28-13-16/h5-6,11,14,16H,7-10,12-13H2,1-4H3. The number of pyridine rings is 1. The third kappa shape index (κ3) is 5.31. The molecule has 2 aliphatic rings. The topological polar surface area (TPSA) is 72.0 Å². The molecule has 1 aromatic heterocycles. The highest BCUT2D eigenvalue weighted by Gasteiger charge is 2.32. The van der Waals surface area contributed by atoms with E-state index in [2.05, 4.69) is 4.98 Å². The van der Waals surface area contributed by atoms with Gasteiger partial charge in [-0.25, -0.2) is 9.78 Å². The smallest absolute Gasteiger partial charge is 0.410 e. The van der Waals surface area contributed by atoms with Crippen molar-refractivity contribution >= 4 is 23.8 Å². The van der Waals surface area contributed by atoms with Crippen LogP contribution in [0.1, 0.15) is 44.5 Å². The van der Waals surface area contributed by atoms with Crippen molar-refractivity contribution in [2.24, 2.45) is 0 Å². The Kier molecular flexibility index (Phi) is 6.37. The first kappa shape index (κ1) is 20.8. The first-order valence-electron chi connectivity index (χ1n) is 9.72. The molecule has 3 rings (SSSR count). The van der Waals surface area contributed by atoms with Crippen LogP contribution in [0.15, 0.2) is 18.3 Å². The molecule has 0 saturated carbocycles. The molecule has 0 N–H and O–H groups in total. The summed E-state index contributed by atoms with van der Waals surface area (Å²) in [7, 11) is 0. The Morgan fingerprint density at radius 1 is 1.25 bits per heavy atom. The van der Waals surface area contributed by atoms with Crippen molar-refractivity contribution in [3.05, 3.63) is 23.9 Å². The lowest BCUT2D eigenvalue weighted by Gasteiger charge is -2.40.